The third-order valence-electron chi connectivity index (χ3n) is 4.87. The number of anilines is 1. The maximum Gasteiger partial charge on any atom is 0.573 e. The van der Waals surface area contributed by atoms with Gasteiger partial charge in [-0.3, -0.25) is 14.2 Å². The molecule has 0 unspecified atom stereocenters. The maximum absolute atomic E-state index is 12.5. The van der Waals surface area contributed by atoms with Crippen LogP contribution in [-0.2, 0) is 27.8 Å². The monoisotopic (exact) mass is 482 g/mol. The van der Waals surface area contributed by atoms with Gasteiger partial charge in [0.15, 0.2) is 0 Å². The van der Waals surface area contributed by atoms with Crippen molar-refractivity contribution in [3.05, 3.63) is 58.6 Å². The van der Waals surface area contributed by atoms with E-state index in [0.29, 0.717) is 41.4 Å². The van der Waals surface area contributed by atoms with E-state index in [-0.39, 0.29) is 5.56 Å². The molecular weight excluding hydrogens is 465 g/mol. The van der Waals surface area contributed by atoms with Crippen molar-refractivity contribution in [3.8, 4) is 5.75 Å². The van der Waals surface area contributed by atoms with Crippen LogP contribution in [0.4, 0.5) is 18.9 Å². The van der Waals surface area contributed by atoms with Crippen molar-refractivity contribution in [2.75, 3.05) is 11.9 Å². The molecule has 0 atom stereocenters. The van der Waals surface area contributed by atoms with Gasteiger partial charge in [0.05, 0.1) is 22.3 Å². The summed E-state index contributed by atoms with van der Waals surface area (Å²) in [6.45, 7) is -0.0635. The fraction of sp³-hybridized carbons (Fsp3) is 0.250. The molecule has 1 amide bonds. The van der Waals surface area contributed by atoms with Crippen LogP contribution in [0.25, 0.3) is 10.9 Å². The molecular formula is C20H17F3N4O5S. The van der Waals surface area contributed by atoms with Crippen LogP contribution in [0.2, 0.25) is 0 Å². The number of amides is 1. The van der Waals surface area contributed by atoms with Gasteiger partial charge in [0.25, 0.3) is 5.56 Å². The Bertz CT molecular complexity index is 1400. The SMILES string of the molecule is O=C(CNS(=O)(=O)c1cccc(OC(F)(F)F)c1)Nc1ccc2c(=O)n3c(nc2c1)CCC3. The molecule has 0 radical (unpaired) electrons. The number of ether oxygens (including phenoxy) is 1. The van der Waals surface area contributed by atoms with Crippen LogP contribution in [0.15, 0.2) is 52.2 Å². The number of aryl methyl sites for hydroxylation is 1. The first kappa shape index (κ1) is 22.7. The Kier molecular flexibility index (Phi) is 5.84. The molecule has 1 aliphatic rings. The lowest BCUT2D eigenvalue weighted by Crippen LogP contribution is -2.33. The molecule has 2 aromatic carbocycles. The predicted octanol–water partition coefficient (Wildman–Crippen LogP) is 2.16. The van der Waals surface area contributed by atoms with Crippen molar-refractivity contribution in [1.29, 1.82) is 0 Å². The molecule has 3 aromatic rings. The summed E-state index contributed by atoms with van der Waals surface area (Å²) < 4.78 is 69.1. The highest BCUT2D eigenvalue weighted by molar-refractivity contribution is 7.89. The van der Waals surface area contributed by atoms with E-state index in [4.69, 9.17) is 0 Å². The molecule has 0 spiro atoms. The Morgan fingerprint density at radius 1 is 1.18 bits per heavy atom. The van der Waals surface area contributed by atoms with Crippen molar-refractivity contribution >= 4 is 32.5 Å². The van der Waals surface area contributed by atoms with Gasteiger partial charge in [0.1, 0.15) is 11.6 Å². The standard InChI is InChI=1S/C20H17F3N4O5S/c21-20(22,23)32-13-3-1-4-14(10-13)33(30,31)24-11-18(28)25-12-6-7-15-16(9-12)26-17-5-2-8-27(17)19(15)29/h1,3-4,6-7,9-10,24H,2,5,8,11H2,(H,25,28). The van der Waals surface area contributed by atoms with E-state index in [1.807, 2.05) is 4.72 Å². The van der Waals surface area contributed by atoms with Crippen LogP contribution in [0, 0.1) is 0 Å². The first-order chi connectivity index (χ1) is 15.5. The molecule has 174 valence electrons. The molecule has 13 heteroatoms. The first-order valence-electron chi connectivity index (χ1n) is 9.71. The number of benzene rings is 2. The highest BCUT2D eigenvalue weighted by Gasteiger charge is 2.31. The number of carbonyl (C=O) groups is 1. The number of nitrogens with one attached hydrogen (secondary N) is 2. The molecule has 0 bridgehead atoms. The van der Waals surface area contributed by atoms with Gasteiger partial charge in [0.2, 0.25) is 15.9 Å². The number of rotatable bonds is 6. The van der Waals surface area contributed by atoms with Gasteiger partial charge in [0, 0.05) is 24.7 Å². The van der Waals surface area contributed by atoms with Crippen molar-refractivity contribution in [2.24, 2.45) is 0 Å². The van der Waals surface area contributed by atoms with E-state index in [1.54, 1.807) is 4.57 Å². The van der Waals surface area contributed by atoms with Crippen molar-refractivity contribution in [3.63, 3.8) is 0 Å². The van der Waals surface area contributed by atoms with Gasteiger partial charge < -0.3 is 10.1 Å². The molecule has 4 rings (SSSR count). The highest BCUT2D eigenvalue weighted by Crippen LogP contribution is 2.25. The van der Waals surface area contributed by atoms with Gasteiger partial charge in [-0.25, -0.2) is 18.1 Å². The van der Waals surface area contributed by atoms with Crippen molar-refractivity contribution < 1.29 is 31.1 Å². The topological polar surface area (TPSA) is 119 Å². The van der Waals surface area contributed by atoms with Gasteiger partial charge in [-0.15, -0.1) is 13.2 Å². The van der Waals surface area contributed by atoms with Crippen molar-refractivity contribution in [1.82, 2.24) is 14.3 Å². The van der Waals surface area contributed by atoms with Crippen LogP contribution < -0.4 is 20.3 Å². The van der Waals surface area contributed by atoms with Gasteiger partial charge in [-0.05, 0) is 36.8 Å². The number of hydrogen-bond acceptors (Lipinski definition) is 6. The quantitative estimate of drug-likeness (QED) is 0.556. The Hall–Kier alpha value is -3.45. The second-order valence-electron chi connectivity index (χ2n) is 7.22. The zero-order valence-electron chi connectivity index (χ0n) is 16.8. The fourth-order valence-electron chi connectivity index (χ4n) is 3.45. The van der Waals surface area contributed by atoms with Crippen LogP contribution in [0.5, 0.6) is 5.75 Å². The number of nitrogens with zero attached hydrogens (tertiary/aromatic N) is 2. The highest BCUT2D eigenvalue weighted by atomic mass is 32.2. The maximum atomic E-state index is 12.5. The molecule has 33 heavy (non-hydrogen) atoms. The predicted molar refractivity (Wildman–Crippen MR) is 111 cm³/mol. The molecule has 0 aliphatic carbocycles. The number of fused-ring (bicyclic) bond motifs is 2. The Balaban J connectivity index is 1.44. The number of aromatic nitrogens is 2. The second kappa shape index (κ2) is 8.48. The lowest BCUT2D eigenvalue weighted by molar-refractivity contribution is -0.274. The van der Waals surface area contributed by atoms with Crippen molar-refractivity contribution in [2.45, 2.75) is 30.6 Å². The zero-order chi connectivity index (χ0) is 23.8. The van der Waals surface area contributed by atoms with Crippen LogP contribution >= 0.6 is 0 Å². The minimum absolute atomic E-state index is 0.158. The molecule has 2 heterocycles. The van der Waals surface area contributed by atoms with E-state index in [2.05, 4.69) is 15.0 Å². The van der Waals surface area contributed by atoms with E-state index in [1.165, 1.54) is 18.2 Å². The van der Waals surface area contributed by atoms with Crippen LogP contribution in [0.1, 0.15) is 12.2 Å². The third-order valence-corrected chi connectivity index (χ3v) is 6.27. The summed E-state index contributed by atoms with van der Waals surface area (Å²) in [4.78, 5) is 28.7. The summed E-state index contributed by atoms with van der Waals surface area (Å²) in [5.41, 5.74) is 0.560. The summed E-state index contributed by atoms with van der Waals surface area (Å²) in [6, 6.07) is 8.33. The Labute approximate surface area is 185 Å². The van der Waals surface area contributed by atoms with Gasteiger partial charge >= 0.3 is 6.36 Å². The average molecular weight is 482 g/mol. The van der Waals surface area contributed by atoms with Gasteiger partial charge in [-0.1, -0.05) is 6.07 Å². The third kappa shape index (κ3) is 5.14. The molecule has 2 N–H and O–H groups in total. The van der Waals surface area contributed by atoms with E-state index in [9.17, 15) is 31.2 Å². The molecule has 0 saturated heterocycles. The Morgan fingerprint density at radius 2 is 1.97 bits per heavy atom. The first-order valence-corrected chi connectivity index (χ1v) is 11.2. The van der Waals surface area contributed by atoms with Gasteiger partial charge in [-0.2, -0.15) is 0 Å². The zero-order valence-corrected chi connectivity index (χ0v) is 17.7. The van der Waals surface area contributed by atoms with Crippen LogP contribution in [-0.4, -0.2) is 36.8 Å². The lowest BCUT2D eigenvalue weighted by Gasteiger charge is -2.11. The summed E-state index contributed by atoms with van der Waals surface area (Å²) in [6.07, 6.45) is -3.47. The largest absolute Gasteiger partial charge is 0.573 e. The summed E-state index contributed by atoms with van der Waals surface area (Å²) in [7, 11) is -4.29. The minimum atomic E-state index is -4.98. The lowest BCUT2D eigenvalue weighted by atomic mass is 10.2. The van der Waals surface area contributed by atoms with Crippen LogP contribution in [0.3, 0.4) is 0 Å². The Morgan fingerprint density at radius 3 is 2.73 bits per heavy atom. The molecule has 1 aliphatic heterocycles. The van der Waals surface area contributed by atoms with E-state index < -0.39 is 39.5 Å². The normalized spacial score (nSPS) is 13.7. The summed E-state index contributed by atoms with van der Waals surface area (Å²) in [5, 5.41) is 2.90. The summed E-state index contributed by atoms with van der Waals surface area (Å²) in [5.74, 6) is -0.764. The smallest absolute Gasteiger partial charge is 0.406 e. The fourth-order valence-corrected chi connectivity index (χ4v) is 4.47. The number of halogens is 3. The molecule has 0 fully saturated rings. The minimum Gasteiger partial charge on any atom is -0.406 e. The summed E-state index contributed by atoms with van der Waals surface area (Å²) >= 11 is 0. The number of alkyl halides is 3. The molecule has 1 aromatic heterocycles. The number of carbonyl (C=O) groups excluding carboxylic acids is 1. The molecule has 9 nitrogen and oxygen atoms in total. The number of sulfonamides is 1. The number of hydrogen-bond donors (Lipinski definition) is 2. The van der Waals surface area contributed by atoms with E-state index in [0.717, 1.165) is 24.6 Å². The van der Waals surface area contributed by atoms with E-state index >= 15 is 0 Å². The molecule has 0 saturated carbocycles. The average Bonchev–Trinajstić information content (AvgIpc) is 3.20. The second-order valence-corrected chi connectivity index (χ2v) is 8.98.